The number of anilines is 1. The average molecular weight is 271 g/mol. The van der Waals surface area contributed by atoms with Gasteiger partial charge in [0.05, 0.1) is 11.8 Å². The van der Waals surface area contributed by atoms with E-state index in [4.69, 9.17) is 0 Å². The minimum Gasteiger partial charge on any atom is -0.507 e. The number of carbonyl (C=O) groups is 1. The number of H-pyrrole nitrogens is 1. The molecule has 0 aliphatic rings. The van der Waals surface area contributed by atoms with Crippen molar-refractivity contribution in [2.45, 2.75) is 6.18 Å². The highest BCUT2D eigenvalue weighted by Crippen LogP contribution is 2.28. The molecule has 3 N–H and O–H groups in total. The van der Waals surface area contributed by atoms with Crippen molar-refractivity contribution in [1.82, 2.24) is 9.97 Å². The summed E-state index contributed by atoms with van der Waals surface area (Å²) >= 11 is 0. The molecule has 0 fully saturated rings. The number of nitrogens with one attached hydrogen (secondary N) is 2. The van der Waals surface area contributed by atoms with Gasteiger partial charge in [-0.3, -0.25) is 10.1 Å². The maximum atomic E-state index is 12.3. The lowest BCUT2D eigenvalue weighted by Gasteiger charge is -2.04. The van der Waals surface area contributed by atoms with Crippen LogP contribution in [0.15, 0.2) is 30.5 Å². The molecule has 8 heteroatoms. The molecule has 1 aromatic heterocycles. The summed E-state index contributed by atoms with van der Waals surface area (Å²) in [6.07, 6.45) is -3.99. The number of phenols is 1. The minimum absolute atomic E-state index is 0.0625. The van der Waals surface area contributed by atoms with E-state index in [-0.39, 0.29) is 17.3 Å². The first-order valence-corrected chi connectivity index (χ1v) is 5.09. The summed E-state index contributed by atoms with van der Waals surface area (Å²) in [5, 5.41) is 11.5. The molecule has 1 aromatic carbocycles. The predicted octanol–water partition coefficient (Wildman–Crippen LogP) is 2.39. The van der Waals surface area contributed by atoms with Crippen LogP contribution in [0.3, 0.4) is 0 Å². The van der Waals surface area contributed by atoms with Crippen molar-refractivity contribution in [3.63, 3.8) is 0 Å². The number of para-hydroxylation sites is 1. The number of nitrogens with zero attached hydrogens (tertiary/aromatic N) is 1. The van der Waals surface area contributed by atoms with Gasteiger partial charge < -0.3 is 10.1 Å². The smallest absolute Gasteiger partial charge is 0.432 e. The monoisotopic (exact) mass is 271 g/mol. The molecule has 0 aliphatic carbocycles. The maximum Gasteiger partial charge on any atom is 0.432 e. The van der Waals surface area contributed by atoms with Gasteiger partial charge in [-0.05, 0) is 12.1 Å². The van der Waals surface area contributed by atoms with Crippen LogP contribution in [0.2, 0.25) is 0 Å². The standard InChI is InChI=1S/C11H8F3N3O2/c12-11(13,14)8-5-15-10(16-8)17-9(19)6-3-1-2-4-7(6)18/h1-5,18H,(H2,15,16,17,19). The molecule has 0 radical (unpaired) electrons. The zero-order chi connectivity index (χ0) is 14.0. The van der Waals surface area contributed by atoms with Gasteiger partial charge in [-0.1, -0.05) is 12.1 Å². The Bertz CT molecular complexity index is 607. The number of aromatic hydroxyl groups is 1. The number of hydrogen-bond donors (Lipinski definition) is 3. The molecular weight excluding hydrogens is 263 g/mol. The highest BCUT2D eigenvalue weighted by atomic mass is 19.4. The second kappa shape index (κ2) is 4.63. The summed E-state index contributed by atoms with van der Waals surface area (Å²) in [7, 11) is 0. The molecule has 5 nitrogen and oxygen atoms in total. The highest BCUT2D eigenvalue weighted by Gasteiger charge is 2.33. The lowest BCUT2D eigenvalue weighted by Crippen LogP contribution is -2.13. The topological polar surface area (TPSA) is 78.0 Å². The molecule has 0 spiro atoms. The molecule has 0 bridgehead atoms. The summed E-state index contributed by atoms with van der Waals surface area (Å²) in [6, 6.07) is 5.65. The van der Waals surface area contributed by atoms with Crippen molar-refractivity contribution in [1.29, 1.82) is 0 Å². The lowest BCUT2D eigenvalue weighted by atomic mass is 10.2. The van der Waals surface area contributed by atoms with Crippen LogP contribution in [0.1, 0.15) is 16.1 Å². The summed E-state index contributed by atoms with van der Waals surface area (Å²) in [5.74, 6) is -1.38. The molecule has 2 rings (SSSR count). The number of hydrogen-bond acceptors (Lipinski definition) is 3. The molecule has 0 atom stereocenters. The van der Waals surface area contributed by atoms with Crippen molar-refractivity contribution in [3.05, 3.63) is 41.7 Å². The molecule has 0 saturated carbocycles. The summed E-state index contributed by atoms with van der Waals surface area (Å²) in [5.41, 5.74) is -1.13. The van der Waals surface area contributed by atoms with Crippen molar-refractivity contribution >= 4 is 11.9 Å². The Balaban J connectivity index is 2.16. The number of halogens is 3. The number of imidazole rings is 1. The van der Waals surface area contributed by atoms with Gasteiger partial charge in [0, 0.05) is 0 Å². The van der Waals surface area contributed by atoms with Gasteiger partial charge in [0.2, 0.25) is 5.95 Å². The largest absolute Gasteiger partial charge is 0.507 e. The number of rotatable bonds is 2. The van der Waals surface area contributed by atoms with Crippen molar-refractivity contribution < 1.29 is 23.1 Å². The zero-order valence-electron chi connectivity index (χ0n) is 9.32. The van der Waals surface area contributed by atoms with Crippen LogP contribution in [0.5, 0.6) is 5.75 Å². The van der Waals surface area contributed by atoms with Crippen LogP contribution in [0.25, 0.3) is 0 Å². The first-order chi connectivity index (χ1) is 8.88. The van der Waals surface area contributed by atoms with Gasteiger partial charge in [0.25, 0.3) is 5.91 Å². The van der Waals surface area contributed by atoms with Crippen molar-refractivity contribution in [2.75, 3.05) is 5.32 Å². The number of phenolic OH excluding ortho intramolecular Hbond substituents is 1. The van der Waals surface area contributed by atoms with Crippen LogP contribution in [-0.4, -0.2) is 21.0 Å². The molecule has 1 heterocycles. The quantitative estimate of drug-likeness (QED) is 0.784. The molecular formula is C11H8F3N3O2. The molecule has 0 saturated heterocycles. The molecule has 0 aliphatic heterocycles. The SMILES string of the molecule is O=C(Nc1ncc(C(F)(F)F)[nH]1)c1ccccc1O. The van der Waals surface area contributed by atoms with Gasteiger partial charge >= 0.3 is 6.18 Å². The fraction of sp³-hybridized carbons (Fsp3) is 0.0909. The normalized spacial score (nSPS) is 11.3. The van der Waals surface area contributed by atoms with Gasteiger partial charge in [0.1, 0.15) is 11.4 Å². The third-order valence-corrected chi connectivity index (χ3v) is 2.26. The van der Waals surface area contributed by atoms with E-state index >= 15 is 0 Å². The van der Waals surface area contributed by atoms with Gasteiger partial charge in [-0.15, -0.1) is 0 Å². The fourth-order valence-electron chi connectivity index (χ4n) is 1.37. The first kappa shape index (κ1) is 12.9. The van der Waals surface area contributed by atoms with E-state index in [0.717, 1.165) is 0 Å². The van der Waals surface area contributed by atoms with E-state index in [1.807, 2.05) is 4.98 Å². The second-order valence-electron chi connectivity index (χ2n) is 3.61. The van der Waals surface area contributed by atoms with Gasteiger partial charge in [-0.2, -0.15) is 13.2 Å². The summed E-state index contributed by atoms with van der Waals surface area (Å²) in [4.78, 5) is 17.0. The average Bonchev–Trinajstić information content (AvgIpc) is 2.77. The first-order valence-electron chi connectivity index (χ1n) is 5.09. The van der Waals surface area contributed by atoms with Crippen molar-refractivity contribution in [3.8, 4) is 5.75 Å². The Morgan fingerprint density at radius 2 is 2.00 bits per heavy atom. The third-order valence-electron chi connectivity index (χ3n) is 2.26. The van der Waals surface area contributed by atoms with Crippen LogP contribution >= 0.6 is 0 Å². The Kier molecular flexibility index (Phi) is 3.16. The maximum absolute atomic E-state index is 12.3. The molecule has 1 amide bonds. The number of benzene rings is 1. The van der Waals surface area contributed by atoms with E-state index in [0.29, 0.717) is 6.20 Å². The number of amides is 1. The Labute approximate surface area is 105 Å². The molecule has 19 heavy (non-hydrogen) atoms. The minimum atomic E-state index is -4.56. The van der Waals surface area contributed by atoms with E-state index < -0.39 is 17.8 Å². The Morgan fingerprint density at radius 3 is 2.58 bits per heavy atom. The van der Waals surface area contributed by atoms with Crippen molar-refractivity contribution in [2.24, 2.45) is 0 Å². The van der Waals surface area contributed by atoms with Gasteiger partial charge in [0.15, 0.2) is 0 Å². The van der Waals surface area contributed by atoms with E-state index in [2.05, 4.69) is 10.3 Å². The van der Waals surface area contributed by atoms with E-state index in [1.54, 1.807) is 0 Å². The zero-order valence-corrected chi connectivity index (χ0v) is 9.32. The summed E-state index contributed by atoms with van der Waals surface area (Å²) < 4.78 is 36.9. The molecule has 0 unspecified atom stereocenters. The lowest BCUT2D eigenvalue weighted by molar-refractivity contribution is -0.140. The van der Waals surface area contributed by atoms with E-state index in [1.165, 1.54) is 24.3 Å². The molecule has 100 valence electrons. The van der Waals surface area contributed by atoms with Crippen LogP contribution in [0, 0.1) is 0 Å². The second-order valence-corrected chi connectivity index (χ2v) is 3.61. The highest BCUT2D eigenvalue weighted by molar-refractivity contribution is 6.05. The fourth-order valence-corrected chi connectivity index (χ4v) is 1.37. The third kappa shape index (κ3) is 2.84. The number of alkyl halides is 3. The number of aromatic amines is 1. The molecule has 2 aromatic rings. The van der Waals surface area contributed by atoms with Gasteiger partial charge in [-0.25, -0.2) is 4.98 Å². The Hall–Kier alpha value is -2.51. The number of aromatic nitrogens is 2. The van der Waals surface area contributed by atoms with Crippen LogP contribution in [0.4, 0.5) is 19.1 Å². The van der Waals surface area contributed by atoms with Crippen LogP contribution < -0.4 is 5.32 Å². The van der Waals surface area contributed by atoms with Crippen LogP contribution in [-0.2, 0) is 6.18 Å². The predicted molar refractivity (Wildman–Crippen MR) is 59.6 cm³/mol. The van der Waals surface area contributed by atoms with E-state index in [9.17, 15) is 23.1 Å². The Morgan fingerprint density at radius 1 is 1.32 bits per heavy atom. The number of carbonyl (C=O) groups excluding carboxylic acids is 1. The summed E-state index contributed by atoms with van der Waals surface area (Å²) in [6.45, 7) is 0.